The molecule has 8 nitrogen and oxygen atoms in total. The van der Waals surface area contributed by atoms with E-state index in [0.29, 0.717) is 42.8 Å². The molecule has 1 spiro atoms. The van der Waals surface area contributed by atoms with E-state index in [2.05, 4.69) is 13.2 Å². The van der Waals surface area contributed by atoms with E-state index >= 15 is 0 Å². The average molecular weight is 531 g/mol. The lowest BCUT2D eigenvalue weighted by atomic mass is 9.65. The van der Waals surface area contributed by atoms with Crippen LogP contribution >= 0.6 is 11.6 Å². The molecule has 1 aromatic rings. The number of benzene rings is 1. The number of halogens is 1. The van der Waals surface area contributed by atoms with Crippen LogP contribution in [-0.2, 0) is 23.9 Å². The number of rotatable bonds is 12. The Morgan fingerprint density at radius 3 is 2.70 bits per heavy atom. The van der Waals surface area contributed by atoms with Crippen LogP contribution < -0.4 is 4.90 Å². The summed E-state index contributed by atoms with van der Waals surface area (Å²) in [5, 5.41) is 10.2. The number of aliphatic hydroxyl groups excluding tert-OH is 1. The van der Waals surface area contributed by atoms with Gasteiger partial charge in [0.2, 0.25) is 5.91 Å². The van der Waals surface area contributed by atoms with E-state index in [9.17, 15) is 19.5 Å². The minimum Gasteiger partial charge on any atom is -0.465 e. The first-order valence-electron chi connectivity index (χ1n) is 12.9. The summed E-state index contributed by atoms with van der Waals surface area (Å²) in [5.74, 6) is -2.92. The molecule has 5 atom stereocenters. The van der Waals surface area contributed by atoms with Gasteiger partial charge in [-0.15, -0.1) is 13.2 Å². The predicted octanol–water partition coefficient (Wildman–Crippen LogP) is 3.52. The summed E-state index contributed by atoms with van der Waals surface area (Å²) in [6.45, 7) is 9.40. The number of carbonyl (C=O) groups excluding carboxylic acids is 3. The van der Waals surface area contributed by atoms with Gasteiger partial charge in [-0.3, -0.25) is 14.4 Å². The fourth-order valence-corrected chi connectivity index (χ4v) is 6.69. The number of carbonyl (C=O) groups is 3. The molecule has 2 bridgehead atoms. The van der Waals surface area contributed by atoms with Gasteiger partial charge in [0.25, 0.3) is 5.91 Å². The normalized spacial score (nSPS) is 29.8. The summed E-state index contributed by atoms with van der Waals surface area (Å²) >= 11 is 6.45. The second-order valence-corrected chi connectivity index (χ2v) is 10.3. The highest BCUT2D eigenvalue weighted by Crippen LogP contribution is 2.64. The fourth-order valence-electron chi connectivity index (χ4n) is 6.45. The Kier molecular flexibility index (Phi) is 8.11. The van der Waals surface area contributed by atoms with E-state index in [-0.39, 0.29) is 38.1 Å². The smallest absolute Gasteiger partial charge is 0.312 e. The molecular weight excluding hydrogens is 496 g/mol. The predicted molar refractivity (Wildman–Crippen MR) is 140 cm³/mol. The van der Waals surface area contributed by atoms with Crippen molar-refractivity contribution in [3.63, 3.8) is 0 Å². The van der Waals surface area contributed by atoms with E-state index in [1.807, 2.05) is 6.92 Å². The molecule has 0 aliphatic carbocycles. The molecule has 3 fully saturated rings. The Hall–Kier alpha value is -2.68. The summed E-state index contributed by atoms with van der Waals surface area (Å²) in [6, 6.07) is 5.94. The number of unbranched alkanes of at least 4 members (excludes halogenated alkanes) is 1. The van der Waals surface area contributed by atoms with Gasteiger partial charge in [-0.05, 0) is 44.2 Å². The number of β-amino-alcohol motifs (C(OH)–C–C–N with tert-alkyl or cyclic N) is 1. The summed E-state index contributed by atoms with van der Waals surface area (Å²) in [6.07, 6.45) is 6.18. The number of fused-ring (bicyclic) bond motifs is 1. The van der Waals surface area contributed by atoms with Crippen LogP contribution in [0.5, 0.6) is 0 Å². The number of hydrogen-bond donors (Lipinski definition) is 1. The zero-order valence-corrected chi connectivity index (χ0v) is 22.0. The maximum absolute atomic E-state index is 14.3. The van der Waals surface area contributed by atoms with Crippen LogP contribution in [0.4, 0.5) is 5.69 Å². The van der Waals surface area contributed by atoms with Gasteiger partial charge < -0.3 is 24.4 Å². The summed E-state index contributed by atoms with van der Waals surface area (Å²) < 4.78 is 12.3. The monoisotopic (exact) mass is 530 g/mol. The van der Waals surface area contributed by atoms with Gasteiger partial charge >= 0.3 is 5.97 Å². The van der Waals surface area contributed by atoms with E-state index in [1.54, 1.807) is 36.4 Å². The Morgan fingerprint density at radius 1 is 1.30 bits per heavy atom. The van der Waals surface area contributed by atoms with Crippen molar-refractivity contribution in [1.82, 2.24) is 4.90 Å². The zero-order valence-electron chi connectivity index (χ0n) is 21.2. The summed E-state index contributed by atoms with van der Waals surface area (Å²) in [4.78, 5) is 44.5. The first-order valence-corrected chi connectivity index (χ1v) is 13.3. The van der Waals surface area contributed by atoms with Crippen molar-refractivity contribution in [1.29, 1.82) is 0 Å². The Bertz CT molecular complexity index is 1080. The lowest BCUT2D eigenvalue weighted by Gasteiger charge is -2.36. The number of hydrogen-bond acceptors (Lipinski definition) is 6. The van der Waals surface area contributed by atoms with E-state index < -0.39 is 35.0 Å². The van der Waals surface area contributed by atoms with Crippen LogP contribution in [0, 0.1) is 11.8 Å². The molecule has 2 amide bonds. The van der Waals surface area contributed by atoms with Gasteiger partial charge in [0.15, 0.2) is 0 Å². The second kappa shape index (κ2) is 11.0. The number of ether oxygens (including phenoxy) is 2. The quantitative estimate of drug-likeness (QED) is 0.252. The standard InChI is InChI=1S/C28H35ClN2O6/c1-4-7-10-18-36-26(35)22-21-24(33)31(16-17-32)23(28(21)14-13-27(22,6-3)37-28)25(34)30(15-5-2)20-12-9-8-11-19(20)29/h4-5,8-9,11-12,21-23,32H,1-2,6-7,10,13-18H2,3H3/t21-,22-,23?,27+,28?/m0/s1. The Balaban J connectivity index is 1.75. The molecule has 3 saturated heterocycles. The highest BCUT2D eigenvalue weighted by molar-refractivity contribution is 6.34. The lowest BCUT2D eigenvalue weighted by molar-refractivity contribution is -0.161. The molecule has 3 aliphatic rings. The van der Waals surface area contributed by atoms with Crippen molar-refractivity contribution >= 4 is 35.1 Å². The molecule has 37 heavy (non-hydrogen) atoms. The third-order valence-corrected chi connectivity index (χ3v) is 8.35. The topological polar surface area (TPSA) is 96.4 Å². The molecule has 1 N–H and O–H groups in total. The number of amides is 2. The summed E-state index contributed by atoms with van der Waals surface area (Å²) in [5.41, 5.74) is -1.60. The zero-order chi connectivity index (χ0) is 26.8. The molecule has 3 aliphatic heterocycles. The third-order valence-electron chi connectivity index (χ3n) is 8.03. The van der Waals surface area contributed by atoms with Gasteiger partial charge in [0.1, 0.15) is 17.6 Å². The third kappa shape index (κ3) is 4.39. The number of anilines is 1. The first kappa shape index (κ1) is 27.4. The molecule has 2 unspecified atom stereocenters. The average Bonchev–Trinajstić information content (AvgIpc) is 3.49. The number of para-hydroxylation sites is 1. The number of aliphatic hydroxyl groups is 1. The van der Waals surface area contributed by atoms with Gasteiger partial charge in [0, 0.05) is 13.1 Å². The summed E-state index contributed by atoms with van der Waals surface area (Å²) in [7, 11) is 0. The van der Waals surface area contributed by atoms with Crippen molar-refractivity contribution in [3.8, 4) is 0 Å². The van der Waals surface area contributed by atoms with Crippen LogP contribution in [-0.4, -0.2) is 71.3 Å². The molecule has 4 rings (SSSR count). The fraction of sp³-hybridized carbons (Fsp3) is 0.536. The molecule has 200 valence electrons. The second-order valence-electron chi connectivity index (χ2n) is 9.88. The molecule has 0 saturated carbocycles. The first-order chi connectivity index (χ1) is 17.8. The minimum absolute atomic E-state index is 0.0540. The van der Waals surface area contributed by atoms with Crippen LogP contribution in [0.1, 0.15) is 39.0 Å². The molecule has 3 heterocycles. The van der Waals surface area contributed by atoms with Crippen molar-refractivity contribution in [2.45, 2.75) is 56.3 Å². The van der Waals surface area contributed by atoms with Gasteiger partial charge in [0.05, 0.1) is 35.4 Å². The minimum atomic E-state index is -1.20. The van der Waals surface area contributed by atoms with Gasteiger partial charge in [-0.2, -0.15) is 0 Å². The van der Waals surface area contributed by atoms with Crippen molar-refractivity contribution in [2.75, 3.05) is 31.2 Å². The van der Waals surface area contributed by atoms with Crippen LogP contribution in [0.2, 0.25) is 5.02 Å². The highest BCUT2D eigenvalue weighted by atomic mass is 35.5. The van der Waals surface area contributed by atoms with Crippen molar-refractivity contribution in [2.24, 2.45) is 11.8 Å². The van der Waals surface area contributed by atoms with E-state index in [4.69, 9.17) is 21.1 Å². The number of allylic oxidation sites excluding steroid dienone is 1. The maximum Gasteiger partial charge on any atom is 0.312 e. The Morgan fingerprint density at radius 2 is 2.05 bits per heavy atom. The van der Waals surface area contributed by atoms with Crippen molar-refractivity contribution < 1.29 is 29.0 Å². The number of nitrogens with zero attached hydrogens (tertiary/aromatic N) is 2. The molecule has 9 heteroatoms. The lowest BCUT2D eigenvalue weighted by Crippen LogP contribution is -2.57. The van der Waals surface area contributed by atoms with Crippen LogP contribution in [0.15, 0.2) is 49.6 Å². The van der Waals surface area contributed by atoms with E-state index in [0.717, 1.165) is 0 Å². The molecule has 0 aromatic heterocycles. The number of likely N-dealkylation sites (tertiary alicyclic amines) is 1. The SMILES string of the molecule is C=CCCCOC(=O)[C@@H]1[C@H]2C(=O)N(CCO)C(C(=O)N(CC=C)c3ccccc3Cl)C23CC[C@@]1(CC)O3. The molecule has 0 radical (unpaired) electrons. The van der Waals surface area contributed by atoms with Crippen LogP contribution in [0.3, 0.4) is 0 Å². The van der Waals surface area contributed by atoms with Gasteiger partial charge in [-0.25, -0.2) is 0 Å². The molecule has 1 aromatic carbocycles. The Labute approximate surface area is 222 Å². The van der Waals surface area contributed by atoms with E-state index in [1.165, 1.54) is 9.80 Å². The number of esters is 1. The van der Waals surface area contributed by atoms with Crippen molar-refractivity contribution in [3.05, 3.63) is 54.6 Å². The highest BCUT2D eigenvalue weighted by Gasteiger charge is 2.79. The maximum atomic E-state index is 14.3. The molecular formula is C28H35ClN2O6. The van der Waals surface area contributed by atoms with Crippen LogP contribution in [0.25, 0.3) is 0 Å². The van der Waals surface area contributed by atoms with Gasteiger partial charge in [-0.1, -0.05) is 42.8 Å². The largest absolute Gasteiger partial charge is 0.465 e.